The zero-order valence-corrected chi connectivity index (χ0v) is 12.4. The second-order valence-corrected chi connectivity index (χ2v) is 5.51. The molecule has 3 aromatic rings. The first kappa shape index (κ1) is 16.0. The topological polar surface area (TPSA) is 103 Å². The summed E-state index contributed by atoms with van der Waals surface area (Å²) in [5, 5.41) is 14.5. The molecule has 1 N–H and O–H groups in total. The lowest BCUT2D eigenvalue weighted by molar-refractivity contribution is -0.138. The fourth-order valence-electron chi connectivity index (χ4n) is 1.81. The zero-order chi connectivity index (χ0) is 17.3. The molecule has 1 aromatic carbocycles. The van der Waals surface area contributed by atoms with Crippen molar-refractivity contribution < 1.29 is 18.0 Å². The Balaban J connectivity index is 1.77. The number of nitrogens with zero attached hydrogens (tertiary/aromatic N) is 5. The molecule has 0 bridgehead atoms. The monoisotopic (exact) mass is 356 g/mol. The van der Waals surface area contributed by atoms with Gasteiger partial charge >= 0.3 is 6.18 Å². The highest BCUT2D eigenvalue weighted by Crippen LogP contribution is 2.32. The van der Waals surface area contributed by atoms with Crippen LogP contribution in [0.25, 0.3) is 10.9 Å². The second-order valence-electron chi connectivity index (χ2n) is 4.53. The summed E-state index contributed by atoms with van der Waals surface area (Å²) in [6.07, 6.45) is -4.64. The molecule has 2 aromatic heterocycles. The van der Waals surface area contributed by atoms with Crippen molar-refractivity contribution in [1.29, 1.82) is 0 Å². The van der Waals surface area contributed by atoms with Gasteiger partial charge in [0, 0.05) is 0 Å². The largest absolute Gasteiger partial charge is 0.445 e. The maximum atomic E-state index is 12.4. The number of carbonyl (C=O) groups is 1. The number of fused-ring (bicyclic) bond motifs is 1. The molecule has 0 fully saturated rings. The van der Waals surface area contributed by atoms with Gasteiger partial charge in [-0.15, -0.1) is 15.3 Å². The van der Waals surface area contributed by atoms with Crippen LogP contribution in [-0.2, 0) is 17.5 Å². The van der Waals surface area contributed by atoms with E-state index in [1.165, 1.54) is 6.07 Å². The molecule has 0 atom stereocenters. The number of rotatable bonds is 3. The molecule has 0 saturated carbocycles. The van der Waals surface area contributed by atoms with E-state index in [9.17, 15) is 22.8 Å². The Morgan fingerprint density at radius 3 is 2.67 bits per heavy atom. The van der Waals surface area contributed by atoms with Gasteiger partial charge < -0.3 is 0 Å². The first-order valence-corrected chi connectivity index (χ1v) is 7.19. The summed E-state index contributed by atoms with van der Waals surface area (Å²) >= 11 is 0.183. The number of alkyl halides is 3. The van der Waals surface area contributed by atoms with Gasteiger partial charge in [0.2, 0.25) is 16.0 Å². The number of halogens is 3. The van der Waals surface area contributed by atoms with Crippen LogP contribution in [-0.4, -0.2) is 31.1 Å². The van der Waals surface area contributed by atoms with E-state index in [-0.39, 0.29) is 21.9 Å². The number of benzene rings is 1. The Kier molecular flexibility index (Phi) is 3.97. The molecule has 0 aliphatic heterocycles. The van der Waals surface area contributed by atoms with Crippen LogP contribution >= 0.6 is 11.3 Å². The lowest BCUT2D eigenvalue weighted by Crippen LogP contribution is -2.30. The number of hydrogen-bond acceptors (Lipinski definition) is 7. The number of hydrogen-bond donors (Lipinski definition) is 1. The third-order valence-corrected chi connectivity index (χ3v) is 3.72. The maximum Gasteiger partial charge on any atom is 0.445 e. The minimum absolute atomic E-state index is 0.183. The van der Waals surface area contributed by atoms with E-state index < -0.39 is 29.2 Å². The summed E-state index contributed by atoms with van der Waals surface area (Å²) in [5.74, 6) is -0.772. The number of amides is 1. The summed E-state index contributed by atoms with van der Waals surface area (Å²) in [5.41, 5.74) is -0.165. The van der Waals surface area contributed by atoms with Crippen LogP contribution in [0.3, 0.4) is 0 Å². The van der Waals surface area contributed by atoms with Crippen molar-refractivity contribution in [2.24, 2.45) is 0 Å². The highest BCUT2D eigenvalue weighted by Gasteiger charge is 2.35. The predicted octanol–water partition coefficient (Wildman–Crippen LogP) is 1.30. The molecule has 8 nitrogen and oxygen atoms in total. The molecule has 0 radical (unpaired) electrons. The highest BCUT2D eigenvalue weighted by molar-refractivity contribution is 7.15. The molecule has 1 amide bonds. The van der Waals surface area contributed by atoms with Gasteiger partial charge in [0.1, 0.15) is 12.1 Å². The standard InChI is InChI=1S/C12H7F3N6O2S/c13-12(14,15)10-18-19-11(24-10)16-8(22)5-21-9(23)6-3-1-2-4-7(6)17-20-21/h1-4H,5H2,(H,16,19,22). The van der Waals surface area contributed by atoms with Gasteiger partial charge in [-0.3, -0.25) is 14.9 Å². The number of anilines is 1. The summed E-state index contributed by atoms with van der Waals surface area (Å²) in [6.45, 7) is -0.516. The Bertz CT molecular complexity index is 967. The first-order valence-electron chi connectivity index (χ1n) is 6.38. The fraction of sp³-hybridized carbons (Fsp3) is 0.167. The van der Waals surface area contributed by atoms with Crippen molar-refractivity contribution in [3.8, 4) is 0 Å². The molecule has 2 heterocycles. The number of aromatic nitrogens is 5. The average Bonchev–Trinajstić information content (AvgIpc) is 2.99. The summed E-state index contributed by atoms with van der Waals surface area (Å²) in [7, 11) is 0. The summed E-state index contributed by atoms with van der Waals surface area (Å²) in [4.78, 5) is 24.0. The minimum atomic E-state index is -4.64. The Hall–Kier alpha value is -2.89. The van der Waals surface area contributed by atoms with Crippen LogP contribution in [0.2, 0.25) is 0 Å². The minimum Gasteiger partial charge on any atom is -0.299 e. The quantitative estimate of drug-likeness (QED) is 0.759. The van der Waals surface area contributed by atoms with Gasteiger partial charge in [0.15, 0.2) is 0 Å². The molecule has 12 heteroatoms. The van der Waals surface area contributed by atoms with Crippen molar-refractivity contribution in [3.05, 3.63) is 39.6 Å². The number of nitrogens with one attached hydrogen (secondary N) is 1. The van der Waals surface area contributed by atoms with Crippen LogP contribution in [0.15, 0.2) is 29.1 Å². The van der Waals surface area contributed by atoms with Crippen molar-refractivity contribution in [2.75, 3.05) is 5.32 Å². The van der Waals surface area contributed by atoms with Crippen LogP contribution in [0, 0.1) is 0 Å². The van der Waals surface area contributed by atoms with E-state index in [1.54, 1.807) is 18.2 Å². The van der Waals surface area contributed by atoms with E-state index in [0.29, 0.717) is 5.52 Å². The molecule has 24 heavy (non-hydrogen) atoms. The summed E-state index contributed by atoms with van der Waals surface area (Å²) < 4.78 is 38.1. The van der Waals surface area contributed by atoms with Crippen LogP contribution in [0.4, 0.5) is 18.3 Å². The van der Waals surface area contributed by atoms with Gasteiger partial charge in [-0.25, -0.2) is 4.68 Å². The zero-order valence-electron chi connectivity index (χ0n) is 11.6. The SMILES string of the molecule is O=C(Cn1nnc2ccccc2c1=O)Nc1nnc(C(F)(F)F)s1. The Labute approximate surface area is 134 Å². The maximum absolute atomic E-state index is 12.4. The summed E-state index contributed by atoms with van der Waals surface area (Å²) in [6, 6.07) is 6.44. The van der Waals surface area contributed by atoms with E-state index in [2.05, 4.69) is 25.8 Å². The van der Waals surface area contributed by atoms with Crippen molar-refractivity contribution in [1.82, 2.24) is 25.2 Å². The van der Waals surface area contributed by atoms with Gasteiger partial charge in [-0.1, -0.05) is 28.7 Å². The van der Waals surface area contributed by atoms with Crippen LogP contribution in [0.5, 0.6) is 0 Å². The van der Waals surface area contributed by atoms with Crippen LogP contribution < -0.4 is 10.9 Å². The van der Waals surface area contributed by atoms with E-state index in [4.69, 9.17) is 0 Å². The first-order chi connectivity index (χ1) is 11.3. The van der Waals surface area contributed by atoms with E-state index >= 15 is 0 Å². The molecule has 0 aliphatic carbocycles. The molecular formula is C12H7F3N6O2S. The Morgan fingerprint density at radius 2 is 1.96 bits per heavy atom. The molecule has 0 unspecified atom stereocenters. The fourth-order valence-corrected chi connectivity index (χ4v) is 2.44. The lowest BCUT2D eigenvalue weighted by Gasteiger charge is -2.04. The highest BCUT2D eigenvalue weighted by atomic mass is 32.1. The molecule has 3 rings (SSSR count). The molecule has 0 spiro atoms. The third kappa shape index (κ3) is 3.22. The van der Waals surface area contributed by atoms with Gasteiger partial charge in [-0.2, -0.15) is 13.2 Å². The molecule has 0 saturated heterocycles. The van der Waals surface area contributed by atoms with Crippen molar-refractivity contribution in [2.45, 2.75) is 12.7 Å². The van der Waals surface area contributed by atoms with Crippen LogP contribution in [0.1, 0.15) is 5.01 Å². The molecule has 124 valence electrons. The van der Waals surface area contributed by atoms with Gasteiger partial charge in [0.05, 0.1) is 5.39 Å². The van der Waals surface area contributed by atoms with Gasteiger partial charge in [0.25, 0.3) is 5.56 Å². The smallest absolute Gasteiger partial charge is 0.299 e. The van der Waals surface area contributed by atoms with E-state index in [1.807, 2.05) is 0 Å². The van der Waals surface area contributed by atoms with Crippen molar-refractivity contribution in [3.63, 3.8) is 0 Å². The average molecular weight is 356 g/mol. The molecular weight excluding hydrogens is 349 g/mol. The Morgan fingerprint density at radius 1 is 1.21 bits per heavy atom. The van der Waals surface area contributed by atoms with E-state index in [0.717, 1.165) is 4.68 Å². The second kappa shape index (κ2) is 5.96. The normalized spacial score (nSPS) is 11.6. The third-order valence-electron chi connectivity index (χ3n) is 2.84. The van der Waals surface area contributed by atoms with Gasteiger partial charge in [-0.05, 0) is 12.1 Å². The molecule has 0 aliphatic rings. The predicted molar refractivity (Wildman–Crippen MR) is 77.3 cm³/mol. The number of carbonyl (C=O) groups excluding carboxylic acids is 1. The van der Waals surface area contributed by atoms with Crippen molar-refractivity contribution >= 4 is 33.3 Å². The lowest BCUT2D eigenvalue weighted by atomic mass is 10.2.